The quantitative estimate of drug-likeness (QED) is 0.748. The van der Waals surface area contributed by atoms with E-state index >= 15 is 0 Å². The smallest absolute Gasteiger partial charge is 0.129 e. The van der Waals surface area contributed by atoms with E-state index in [4.69, 9.17) is 4.74 Å². The van der Waals surface area contributed by atoms with Gasteiger partial charge in [0.05, 0.1) is 7.11 Å². The third-order valence-corrected chi connectivity index (χ3v) is 2.14. The van der Waals surface area contributed by atoms with Gasteiger partial charge in [-0.15, -0.1) is 0 Å². The summed E-state index contributed by atoms with van der Waals surface area (Å²) in [6, 6.07) is 8.19. The summed E-state index contributed by atoms with van der Waals surface area (Å²) in [6.45, 7) is 0. The molecule has 0 saturated carbocycles. The molecule has 1 aromatic carbocycles. The van der Waals surface area contributed by atoms with Crippen molar-refractivity contribution in [2.24, 2.45) is 0 Å². The molecule has 0 aliphatic heterocycles. The van der Waals surface area contributed by atoms with Gasteiger partial charge in [0, 0.05) is 29.6 Å². The highest BCUT2D eigenvalue weighted by Crippen LogP contribution is 2.29. The minimum Gasteiger partial charge on any atom is -0.496 e. The molecule has 0 N–H and O–H groups in total. The van der Waals surface area contributed by atoms with Gasteiger partial charge in [0.25, 0.3) is 0 Å². The third kappa shape index (κ3) is 1.96. The van der Waals surface area contributed by atoms with Crippen LogP contribution in [0.25, 0.3) is 11.1 Å². The SMILES string of the molecule is COc1cc(F)ccc1-c1cccnc1. The van der Waals surface area contributed by atoms with Crippen LogP contribution in [0.5, 0.6) is 5.75 Å². The maximum absolute atomic E-state index is 13.0. The lowest BCUT2D eigenvalue weighted by Crippen LogP contribution is -1.89. The Morgan fingerprint density at radius 2 is 2.13 bits per heavy atom. The van der Waals surface area contributed by atoms with Crippen molar-refractivity contribution in [3.63, 3.8) is 0 Å². The molecule has 3 heteroatoms. The van der Waals surface area contributed by atoms with Gasteiger partial charge >= 0.3 is 0 Å². The normalized spacial score (nSPS) is 10.0. The molecule has 0 radical (unpaired) electrons. The molecule has 0 spiro atoms. The summed E-state index contributed by atoms with van der Waals surface area (Å²) >= 11 is 0. The van der Waals surface area contributed by atoms with Crippen LogP contribution in [0, 0.1) is 5.82 Å². The van der Waals surface area contributed by atoms with Crippen LogP contribution in [0.3, 0.4) is 0 Å². The molecular formula is C12H10FNO. The molecule has 2 rings (SSSR count). The van der Waals surface area contributed by atoms with E-state index in [9.17, 15) is 4.39 Å². The predicted molar refractivity (Wildman–Crippen MR) is 56.2 cm³/mol. The molecule has 0 fully saturated rings. The van der Waals surface area contributed by atoms with Crippen molar-refractivity contribution >= 4 is 0 Å². The summed E-state index contributed by atoms with van der Waals surface area (Å²) in [5, 5.41) is 0. The van der Waals surface area contributed by atoms with E-state index in [0.717, 1.165) is 11.1 Å². The van der Waals surface area contributed by atoms with Crippen LogP contribution in [-0.4, -0.2) is 12.1 Å². The molecular weight excluding hydrogens is 193 g/mol. The first-order valence-electron chi connectivity index (χ1n) is 4.55. The first kappa shape index (κ1) is 9.65. The zero-order valence-electron chi connectivity index (χ0n) is 8.27. The molecule has 76 valence electrons. The van der Waals surface area contributed by atoms with Gasteiger partial charge in [0.1, 0.15) is 11.6 Å². The number of aromatic nitrogens is 1. The molecule has 1 heterocycles. The van der Waals surface area contributed by atoms with Gasteiger partial charge in [-0.25, -0.2) is 4.39 Å². The second kappa shape index (κ2) is 4.09. The van der Waals surface area contributed by atoms with Gasteiger partial charge in [0.15, 0.2) is 0 Å². The second-order valence-corrected chi connectivity index (χ2v) is 3.09. The fourth-order valence-corrected chi connectivity index (χ4v) is 1.43. The Morgan fingerprint density at radius 3 is 2.80 bits per heavy atom. The van der Waals surface area contributed by atoms with Crippen LogP contribution < -0.4 is 4.74 Å². The van der Waals surface area contributed by atoms with Crippen molar-refractivity contribution in [2.75, 3.05) is 7.11 Å². The molecule has 15 heavy (non-hydrogen) atoms. The Balaban J connectivity index is 2.53. The fraction of sp³-hybridized carbons (Fsp3) is 0.0833. The number of benzene rings is 1. The van der Waals surface area contributed by atoms with E-state index in [2.05, 4.69) is 4.98 Å². The first-order chi connectivity index (χ1) is 7.31. The van der Waals surface area contributed by atoms with Crippen molar-refractivity contribution in [2.45, 2.75) is 0 Å². The maximum atomic E-state index is 13.0. The van der Waals surface area contributed by atoms with E-state index in [1.165, 1.54) is 19.2 Å². The molecule has 0 amide bonds. The van der Waals surface area contributed by atoms with Crippen LogP contribution in [0.15, 0.2) is 42.7 Å². The molecule has 1 aromatic heterocycles. The number of rotatable bonds is 2. The van der Waals surface area contributed by atoms with Crippen LogP contribution in [0.4, 0.5) is 4.39 Å². The summed E-state index contributed by atoms with van der Waals surface area (Å²) in [5.41, 5.74) is 1.75. The summed E-state index contributed by atoms with van der Waals surface area (Å²) in [4.78, 5) is 4.01. The highest BCUT2D eigenvalue weighted by atomic mass is 19.1. The van der Waals surface area contributed by atoms with Crippen molar-refractivity contribution < 1.29 is 9.13 Å². The van der Waals surface area contributed by atoms with Crippen molar-refractivity contribution in [1.29, 1.82) is 0 Å². The Morgan fingerprint density at radius 1 is 1.27 bits per heavy atom. The van der Waals surface area contributed by atoms with Crippen LogP contribution in [-0.2, 0) is 0 Å². The monoisotopic (exact) mass is 203 g/mol. The van der Waals surface area contributed by atoms with Gasteiger partial charge in [-0.1, -0.05) is 6.07 Å². The van der Waals surface area contributed by atoms with Crippen molar-refractivity contribution in [1.82, 2.24) is 4.98 Å². The molecule has 0 bridgehead atoms. The fourth-order valence-electron chi connectivity index (χ4n) is 1.43. The van der Waals surface area contributed by atoms with E-state index in [-0.39, 0.29) is 5.82 Å². The van der Waals surface area contributed by atoms with E-state index in [1.54, 1.807) is 18.5 Å². The van der Waals surface area contributed by atoms with Crippen LogP contribution in [0.1, 0.15) is 0 Å². The van der Waals surface area contributed by atoms with Gasteiger partial charge in [-0.2, -0.15) is 0 Å². The standard InChI is InChI=1S/C12H10FNO/c1-15-12-7-10(13)4-5-11(12)9-3-2-6-14-8-9/h2-8H,1H3. The topological polar surface area (TPSA) is 22.1 Å². The average molecular weight is 203 g/mol. The van der Waals surface area contributed by atoms with Gasteiger partial charge in [0.2, 0.25) is 0 Å². The van der Waals surface area contributed by atoms with Crippen molar-refractivity contribution in [3.8, 4) is 16.9 Å². The summed E-state index contributed by atoms with van der Waals surface area (Å²) in [6.07, 6.45) is 3.41. The first-order valence-corrected chi connectivity index (χ1v) is 4.55. The predicted octanol–water partition coefficient (Wildman–Crippen LogP) is 2.90. The van der Waals surface area contributed by atoms with Gasteiger partial charge in [-0.05, 0) is 18.2 Å². The zero-order valence-corrected chi connectivity index (χ0v) is 8.27. The van der Waals surface area contributed by atoms with E-state index in [1.807, 2.05) is 12.1 Å². The van der Waals surface area contributed by atoms with Crippen LogP contribution >= 0.6 is 0 Å². The number of nitrogens with zero attached hydrogens (tertiary/aromatic N) is 1. The number of hydrogen-bond donors (Lipinski definition) is 0. The molecule has 0 unspecified atom stereocenters. The highest BCUT2D eigenvalue weighted by Gasteiger charge is 2.06. The average Bonchev–Trinajstić information content (AvgIpc) is 2.30. The summed E-state index contributed by atoms with van der Waals surface area (Å²) in [7, 11) is 1.52. The van der Waals surface area contributed by atoms with E-state index in [0.29, 0.717) is 5.75 Å². The van der Waals surface area contributed by atoms with Crippen molar-refractivity contribution in [3.05, 3.63) is 48.5 Å². The Labute approximate surface area is 87.4 Å². The lowest BCUT2D eigenvalue weighted by atomic mass is 10.1. The molecule has 0 aliphatic rings. The molecule has 0 atom stereocenters. The number of pyridine rings is 1. The minimum atomic E-state index is -0.306. The molecule has 2 nitrogen and oxygen atoms in total. The lowest BCUT2D eigenvalue weighted by molar-refractivity contribution is 0.413. The minimum absolute atomic E-state index is 0.306. The number of ether oxygens (including phenoxy) is 1. The number of methoxy groups -OCH3 is 1. The zero-order chi connectivity index (χ0) is 10.7. The van der Waals surface area contributed by atoms with Gasteiger partial charge < -0.3 is 4.74 Å². The second-order valence-electron chi connectivity index (χ2n) is 3.09. The number of halogens is 1. The van der Waals surface area contributed by atoms with Crippen LogP contribution in [0.2, 0.25) is 0 Å². The molecule has 0 aliphatic carbocycles. The molecule has 2 aromatic rings. The maximum Gasteiger partial charge on any atom is 0.129 e. The summed E-state index contributed by atoms with van der Waals surface area (Å²) < 4.78 is 18.1. The molecule has 0 saturated heterocycles. The van der Waals surface area contributed by atoms with Gasteiger partial charge in [-0.3, -0.25) is 4.98 Å². The third-order valence-electron chi connectivity index (χ3n) is 2.14. The highest BCUT2D eigenvalue weighted by molar-refractivity contribution is 5.69. The Bertz CT molecular complexity index is 456. The number of hydrogen-bond acceptors (Lipinski definition) is 2. The largest absolute Gasteiger partial charge is 0.496 e. The Hall–Kier alpha value is -1.90. The van der Waals surface area contributed by atoms with E-state index < -0.39 is 0 Å². The Kier molecular flexibility index (Phi) is 2.63. The lowest BCUT2D eigenvalue weighted by Gasteiger charge is -2.07. The summed E-state index contributed by atoms with van der Waals surface area (Å²) in [5.74, 6) is 0.211.